The normalized spacial score (nSPS) is 11.7. The van der Waals surface area contributed by atoms with Gasteiger partial charge in [0.25, 0.3) is 0 Å². The van der Waals surface area contributed by atoms with Crippen molar-refractivity contribution in [3.05, 3.63) is 95.2 Å². The van der Waals surface area contributed by atoms with Crippen LogP contribution in [0, 0.1) is 20.8 Å². The van der Waals surface area contributed by atoms with Gasteiger partial charge in [0.05, 0.1) is 5.69 Å². The zero-order valence-electron chi connectivity index (χ0n) is 20.2. The first-order chi connectivity index (χ1) is 15.4. The maximum atomic E-state index is 5.30. The van der Waals surface area contributed by atoms with Crippen LogP contribution < -0.4 is 0 Å². The highest BCUT2D eigenvalue weighted by Gasteiger charge is 2.28. The molecule has 32 heavy (non-hydrogen) atoms. The molecule has 2 heteroatoms. The second-order valence-electron chi connectivity index (χ2n) is 9.19. The van der Waals surface area contributed by atoms with Gasteiger partial charge >= 0.3 is 0 Å². The molecule has 4 rings (SSSR count). The molecule has 2 nitrogen and oxygen atoms in total. The third kappa shape index (κ3) is 3.79. The molecule has 0 amide bonds. The highest BCUT2D eigenvalue weighted by molar-refractivity contribution is 5.73. The lowest BCUT2D eigenvalue weighted by atomic mass is 9.75. The summed E-state index contributed by atoms with van der Waals surface area (Å²) in [7, 11) is 0. The van der Waals surface area contributed by atoms with Crippen LogP contribution in [0.25, 0.3) is 28.3 Å². The van der Waals surface area contributed by atoms with Crippen LogP contribution in [0.2, 0.25) is 0 Å². The van der Waals surface area contributed by atoms with Crippen LogP contribution in [0.3, 0.4) is 0 Å². The molecule has 0 unspecified atom stereocenters. The zero-order chi connectivity index (χ0) is 22.9. The summed E-state index contributed by atoms with van der Waals surface area (Å²) in [5, 5.41) is 0. The first-order valence-corrected chi connectivity index (χ1v) is 11.7. The van der Waals surface area contributed by atoms with Gasteiger partial charge in [-0.15, -0.1) is 0 Å². The van der Waals surface area contributed by atoms with Crippen molar-refractivity contribution in [2.24, 2.45) is 0 Å². The van der Waals surface area contributed by atoms with E-state index in [0.29, 0.717) is 0 Å². The van der Waals surface area contributed by atoms with Crippen LogP contribution in [0.4, 0.5) is 0 Å². The lowest BCUT2D eigenvalue weighted by molar-refractivity contribution is 0.440. The maximum absolute atomic E-state index is 5.30. The fraction of sp³-hybridized carbons (Fsp3) is 0.300. The van der Waals surface area contributed by atoms with Gasteiger partial charge in [0, 0.05) is 23.0 Å². The van der Waals surface area contributed by atoms with Crippen LogP contribution in [0.5, 0.6) is 0 Å². The number of benzene rings is 3. The van der Waals surface area contributed by atoms with E-state index in [9.17, 15) is 0 Å². The summed E-state index contributed by atoms with van der Waals surface area (Å²) >= 11 is 0. The summed E-state index contributed by atoms with van der Waals surface area (Å²) < 4.78 is 2.29. The van der Waals surface area contributed by atoms with Gasteiger partial charge in [-0.3, -0.25) is 4.57 Å². The minimum Gasteiger partial charge on any atom is -0.299 e. The lowest BCUT2D eigenvalue weighted by Crippen LogP contribution is -2.21. The molecule has 0 atom stereocenters. The molecule has 1 heterocycles. The highest BCUT2D eigenvalue weighted by atomic mass is 15.1. The third-order valence-corrected chi connectivity index (χ3v) is 7.20. The fourth-order valence-electron chi connectivity index (χ4n) is 4.76. The molecule has 0 saturated heterocycles. The van der Waals surface area contributed by atoms with Gasteiger partial charge in [-0.1, -0.05) is 81.4 Å². The Bertz CT molecular complexity index is 1220. The summed E-state index contributed by atoms with van der Waals surface area (Å²) in [5.74, 6) is 1.01. The second kappa shape index (κ2) is 8.78. The van der Waals surface area contributed by atoms with Crippen LogP contribution in [0.1, 0.15) is 55.9 Å². The van der Waals surface area contributed by atoms with E-state index in [2.05, 4.69) is 119 Å². The quantitative estimate of drug-likeness (QED) is 0.306. The van der Waals surface area contributed by atoms with E-state index >= 15 is 0 Å². The summed E-state index contributed by atoms with van der Waals surface area (Å²) in [6.07, 6.45) is 4.41. The van der Waals surface area contributed by atoms with E-state index in [4.69, 9.17) is 4.98 Å². The number of imidazole rings is 1. The fourth-order valence-corrected chi connectivity index (χ4v) is 4.76. The van der Waals surface area contributed by atoms with Crippen LogP contribution in [-0.2, 0) is 5.41 Å². The predicted molar refractivity (Wildman–Crippen MR) is 137 cm³/mol. The summed E-state index contributed by atoms with van der Waals surface area (Å²) in [6.45, 7) is 13.5. The summed E-state index contributed by atoms with van der Waals surface area (Å²) in [6, 6.07) is 23.9. The molecule has 3 aromatic carbocycles. The van der Waals surface area contributed by atoms with Crippen molar-refractivity contribution in [2.45, 2.75) is 59.8 Å². The Kier molecular flexibility index (Phi) is 6.06. The first kappa shape index (κ1) is 22.1. The molecule has 0 fully saturated rings. The van der Waals surface area contributed by atoms with E-state index in [1.54, 1.807) is 0 Å². The van der Waals surface area contributed by atoms with Crippen LogP contribution >= 0.6 is 0 Å². The third-order valence-electron chi connectivity index (χ3n) is 7.20. The molecule has 0 N–H and O–H groups in total. The molecule has 4 aromatic rings. The molecule has 0 spiro atoms. The van der Waals surface area contributed by atoms with Gasteiger partial charge in [0.2, 0.25) is 0 Å². The standard InChI is InChI=1S/C30H34N2/c1-7-30(6,8-2)25-18-11-10-17-24(25)29-31-26(28-22(4)15-13-16-23(28)5)20-32(29)27-19-12-9-14-21(27)3/h9-20H,7-8H2,1-6H3. The number of nitrogens with zero attached hydrogens (tertiary/aromatic N) is 2. The van der Waals surface area contributed by atoms with E-state index < -0.39 is 0 Å². The van der Waals surface area contributed by atoms with Gasteiger partial charge in [0.1, 0.15) is 5.82 Å². The molecular formula is C30H34N2. The first-order valence-electron chi connectivity index (χ1n) is 11.7. The molecule has 0 aliphatic rings. The smallest absolute Gasteiger partial charge is 0.145 e. The summed E-state index contributed by atoms with van der Waals surface area (Å²) in [5.41, 5.74) is 9.89. The predicted octanol–water partition coefficient (Wildman–Crippen LogP) is 8.21. The SMILES string of the molecule is CCC(C)(CC)c1ccccc1-c1nc(-c2c(C)cccc2C)cn1-c1ccccc1C. The largest absolute Gasteiger partial charge is 0.299 e. The van der Waals surface area contributed by atoms with Crippen molar-refractivity contribution in [3.63, 3.8) is 0 Å². The van der Waals surface area contributed by atoms with Gasteiger partial charge in [-0.05, 0) is 67.3 Å². The Morgan fingerprint density at radius 3 is 2.00 bits per heavy atom. The van der Waals surface area contributed by atoms with Crippen LogP contribution in [0.15, 0.2) is 72.9 Å². The van der Waals surface area contributed by atoms with Crippen molar-refractivity contribution < 1.29 is 0 Å². The molecular weight excluding hydrogens is 388 g/mol. The van der Waals surface area contributed by atoms with Gasteiger partial charge in [-0.2, -0.15) is 0 Å². The number of para-hydroxylation sites is 1. The molecule has 1 aromatic heterocycles. The Labute approximate surface area is 193 Å². The van der Waals surface area contributed by atoms with Crippen molar-refractivity contribution in [3.8, 4) is 28.3 Å². The monoisotopic (exact) mass is 422 g/mol. The minimum absolute atomic E-state index is 0.109. The van der Waals surface area contributed by atoms with Crippen molar-refractivity contribution in [2.75, 3.05) is 0 Å². The van der Waals surface area contributed by atoms with Gasteiger partial charge < -0.3 is 0 Å². The highest BCUT2D eigenvalue weighted by Crippen LogP contribution is 2.40. The average molecular weight is 423 g/mol. The second-order valence-corrected chi connectivity index (χ2v) is 9.19. The molecule has 0 saturated carbocycles. The Morgan fingerprint density at radius 1 is 0.750 bits per heavy atom. The van der Waals surface area contributed by atoms with Gasteiger partial charge in [0.15, 0.2) is 0 Å². The Hall–Kier alpha value is -3.13. The number of aryl methyl sites for hydroxylation is 3. The van der Waals surface area contributed by atoms with E-state index in [1.165, 1.54) is 39.1 Å². The van der Waals surface area contributed by atoms with E-state index in [1.807, 2.05) is 0 Å². The molecule has 0 aliphatic heterocycles. The van der Waals surface area contributed by atoms with Crippen molar-refractivity contribution in [1.29, 1.82) is 0 Å². The van der Waals surface area contributed by atoms with Crippen molar-refractivity contribution in [1.82, 2.24) is 9.55 Å². The number of aromatic nitrogens is 2. The molecule has 0 bridgehead atoms. The lowest BCUT2D eigenvalue weighted by Gasteiger charge is -2.30. The van der Waals surface area contributed by atoms with Crippen molar-refractivity contribution >= 4 is 0 Å². The number of rotatable bonds is 6. The number of hydrogen-bond donors (Lipinski definition) is 0. The average Bonchev–Trinajstić information content (AvgIpc) is 3.23. The Balaban J connectivity index is 2.04. The maximum Gasteiger partial charge on any atom is 0.145 e. The molecule has 164 valence electrons. The Morgan fingerprint density at radius 2 is 1.34 bits per heavy atom. The molecule has 0 radical (unpaired) electrons. The topological polar surface area (TPSA) is 17.8 Å². The van der Waals surface area contributed by atoms with E-state index in [0.717, 1.165) is 24.4 Å². The van der Waals surface area contributed by atoms with Gasteiger partial charge in [-0.25, -0.2) is 4.98 Å². The van der Waals surface area contributed by atoms with Crippen LogP contribution in [-0.4, -0.2) is 9.55 Å². The molecule has 0 aliphatic carbocycles. The zero-order valence-corrected chi connectivity index (χ0v) is 20.2. The summed E-state index contributed by atoms with van der Waals surface area (Å²) in [4.78, 5) is 5.30. The minimum atomic E-state index is 0.109. The number of hydrogen-bond acceptors (Lipinski definition) is 1. The van der Waals surface area contributed by atoms with E-state index in [-0.39, 0.29) is 5.41 Å².